The molecule has 0 unspecified atom stereocenters. The van der Waals surface area contributed by atoms with E-state index in [4.69, 9.17) is 0 Å². The van der Waals surface area contributed by atoms with Gasteiger partial charge in [0.2, 0.25) is 10.0 Å². The van der Waals surface area contributed by atoms with E-state index in [2.05, 4.69) is 11.4 Å². The number of nitrogens with zero attached hydrogens (tertiary/aromatic N) is 1. The van der Waals surface area contributed by atoms with E-state index < -0.39 is 10.0 Å². The topological polar surface area (TPSA) is 54.0 Å². The lowest BCUT2D eigenvalue weighted by Crippen LogP contribution is -2.89. The first kappa shape index (κ1) is 14.5. The van der Waals surface area contributed by atoms with Crippen molar-refractivity contribution < 1.29 is 13.7 Å². The molecule has 5 heteroatoms. The van der Waals surface area contributed by atoms with Crippen LogP contribution in [0.1, 0.15) is 22.3 Å². The molecule has 0 saturated carbocycles. The van der Waals surface area contributed by atoms with E-state index in [1.165, 1.54) is 0 Å². The van der Waals surface area contributed by atoms with Crippen LogP contribution in [-0.4, -0.2) is 38.9 Å². The highest BCUT2D eigenvalue weighted by Crippen LogP contribution is 2.28. The molecule has 1 fully saturated rings. The average Bonchev–Trinajstić information content (AvgIpc) is 2.37. The Labute approximate surface area is 115 Å². The first-order chi connectivity index (χ1) is 8.85. The molecular formula is C14H23N2O2S+. The van der Waals surface area contributed by atoms with Gasteiger partial charge in [0, 0.05) is 0 Å². The van der Waals surface area contributed by atoms with Gasteiger partial charge in [-0.25, -0.2) is 8.42 Å². The highest BCUT2D eigenvalue weighted by molar-refractivity contribution is 7.89. The van der Waals surface area contributed by atoms with E-state index in [0.717, 1.165) is 35.3 Å². The number of sulfonamides is 1. The Bertz CT molecular complexity index is 562. The molecule has 0 aromatic heterocycles. The van der Waals surface area contributed by atoms with E-state index in [1.807, 2.05) is 27.7 Å². The number of hydrogen-bond acceptors (Lipinski definition) is 2. The second-order valence-corrected chi connectivity index (χ2v) is 7.23. The summed E-state index contributed by atoms with van der Waals surface area (Å²) in [5, 5.41) is 2.16. The molecule has 1 saturated heterocycles. The maximum absolute atomic E-state index is 12.8. The number of quaternary nitrogens is 1. The summed E-state index contributed by atoms with van der Waals surface area (Å²) in [6, 6.07) is 2.06. The van der Waals surface area contributed by atoms with E-state index in [-0.39, 0.29) is 0 Å². The maximum atomic E-state index is 12.8. The lowest BCUT2D eigenvalue weighted by molar-refractivity contribution is -0.661. The summed E-state index contributed by atoms with van der Waals surface area (Å²) in [6.07, 6.45) is 0. The number of benzene rings is 1. The quantitative estimate of drug-likeness (QED) is 0.859. The van der Waals surface area contributed by atoms with Gasteiger partial charge in [-0.2, -0.15) is 4.31 Å². The van der Waals surface area contributed by atoms with Crippen LogP contribution in [0.25, 0.3) is 0 Å². The highest BCUT2D eigenvalue weighted by atomic mass is 32.2. The first-order valence-corrected chi connectivity index (χ1v) is 8.19. The third kappa shape index (κ3) is 2.55. The Hall–Kier alpha value is -0.910. The lowest BCUT2D eigenvalue weighted by atomic mass is 10.0. The van der Waals surface area contributed by atoms with Crippen LogP contribution in [0.2, 0.25) is 0 Å². The molecule has 4 nitrogen and oxygen atoms in total. The Morgan fingerprint density at radius 3 is 1.95 bits per heavy atom. The van der Waals surface area contributed by atoms with E-state index in [1.54, 1.807) is 4.31 Å². The summed E-state index contributed by atoms with van der Waals surface area (Å²) in [7, 11) is -3.36. The number of nitrogens with two attached hydrogens (primary N) is 1. The van der Waals surface area contributed by atoms with Crippen molar-refractivity contribution in [3.05, 3.63) is 28.3 Å². The molecule has 0 spiro atoms. The molecule has 0 aliphatic carbocycles. The third-order valence-electron chi connectivity index (χ3n) is 4.06. The van der Waals surface area contributed by atoms with Gasteiger partial charge in [-0.1, -0.05) is 6.07 Å². The van der Waals surface area contributed by atoms with Gasteiger partial charge in [0.15, 0.2) is 0 Å². The number of rotatable bonds is 2. The van der Waals surface area contributed by atoms with Gasteiger partial charge < -0.3 is 5.32 Å². The number of hydrogen-bond donors (Lipinski definition) is 1. The molecule has 19 heavy (non-hydrogen) atoms. The van der Waals surface area contributed by atoms with E-state index in [0.29, 0.717) is 18.0 Å². The van der Waals surface area contributed by atoms with Crippen LogP contribution in [0.3, 0.4) is 0 Å². The van der Waals surface area contributed by atoms with Crippen LogP contribution >= 0.6 is 0 Å². The molecule has 0 radical (unpaired) electrons. The monoisotopic (exact) mass is 283 g/mol. The Kier molecular flexibility index (Phi) is 3.99. The lowest BCUT2D eigenvalue weighted by Gasteiger charge is -2.27. The molecule has 1 aromatic carbocycles. The van der Waals surface area contributed by atoms with Crippen molar-refractivity contribution in [2.24, 2.45) is 0 Å². The van der Waals surface area contributed by atoms with Crippen molar-refractivity contribution in [2.75, 3.05) is 26.2 Å². The van der Waals surface area contributed by atoms with Gasteiger partial charge in [-0.3, -0.25) is 0 Å². The fourth-order valence-electron chi connectivity index (χ4n) is 2.66. The number of aryl methyl sites for hydroxylation is 2. The summed E-state index contributed by atoms with van der Waals surface area (Å²) in [4.78, 5) is 0.520. The van der Waals surface area contributed by atoms with Gasteiger partial charge in [0.05, 0.1) is 31.1 Å². The summed E-state index contributed by atoms with van der Waals surface area (Å²) < 4.78 is 27.3. The summed E-state index contributed by atoms with van der Waals surface area (Å²) in [5.74, 6) is 0. The predicted molar refractivity (Wildman–Crippen MR) is 75.8 cm³/mol. The number of piperazine rings is 1. The average molecular weight is 283 g/mol. The molecule has 0 atom stereocenters. The zero-order valence-corrected chi connectivity index (χ0v) is 13.0. The van der Waals surface area contributed by atoms with Crippen LogP contribution in [0.4, 0.5) is 0 Å². The van der Waals surface area contributed by atoms with Crippen LogP contribution in [0.5, 0.6) is 0 Å². The minimum atomic E-state index is -3.36. The molecular weight excluding hydrogens is 260 g/mol. The van der Waals surface area contributed by atoms with E-state index >= 15 is 0 Å². The summed E-state index contributed by atoms with van der Waals surface area (Å²) >= 11 is 0. The van der Waals surface area contributed by atoms with Crippen molar-refractivity contribution in [1.29, 1.82) is 0 Å². The van der Waals surface area contributed by atoms with Gasteiger partial charge >= 0.3 is 0 Å². The van der Waals surface area contributed by atoms with Gasteiger partial charge in [-0.05, 0) is 49.9 Å². The van der Waals surface area contributed by atoms with Crippen LogP contribution in [0, 0.1) is 27.7 Å². The van der Waals surface area contributed by atoms with Crippen molar-refractivity contribution >= 4 is 10.0 Å². The molecule has 1 aliphatic rings. The second kappa shape index (κ2) is 5.23. The van der Waals surface area contributed by atoms with Crippen molar-refractivity contribution in [1.82, 2.24) is 4.31 Å². The molecule has 2 N–H and O–H groups in total. The second-order valence-electron chi connectivity index (χ2n) is 5.36. The largest absolute Gasteiger partial charge is 0.344 e. The fraction of sp³-hybridized carbons (Fsp3) is 0.571. The molecule has 2 rings (SSSR count). The normalized spacial score (nSPS) is 17.7. The first-order valence-electron chi connectivity index (χ1n) is 6.75. The Morgan fingerprint density at radius 2 is 1.47 bits per heavy atom. The minimum absolute atomic E-state index is 0.520. The minimum Gasteiger partial charge on any atom is -0.344 e. The van der Waals surface area contributed by atoms with E-state index in [9.17, 15) is 8.42 Å². The van der Waals surface area contributed by atoms with Gasteiger partial charge in [0.25, 0.3) is 0 Å². The predicted octanol–water partition coefficient (Wildman–Crippen LogP) is 0.488. The smallest absolute Gasteiger partial charge is 0.244 e. The summed E-state index contributed by atoms with van der Waals surface area (Å²) in [5.41, 5.74) is 3.87. The van der Waals surface area contributed by atoms with Crippen LogP contribution < -0.4 is 5.32 Å². The molecule has 1 aliphatic heterocycles. The molecule has 1 heterocycles. The molecule has 106 valence electrons. The Morgan fingerprint density at radius 1 is 1.00 bits per heavy atom. The van der Waals surface area contributed by atoms with Gasteiger partial charge in [0.1, 0.15) is 0 Å². The summed E-state index contributed by atoms with van der Waals surface area (Å²) in [6.45, 7) is 10.7. The highest BCUT2D eigenvalue weighted by Gasteiger charge is 2.30. The Balaban J connectivity index is 2.57. The zero-order valence-electron chi connectivity index (χ0n) is 12.2. The van der Waals surface area contributed by atoms with Gasteiger partial charge in [-0.15, -0.1) is 0 Å². The van der Waals surface area contributed by atoms with Crippen molar-refractivity contribution in [3.8, 4) is 0 Å². The molecule has 0 amide bonds. The SMILES string of the molecule is Cc1cc(C)c(C)c(S(=O)(=O)N2CC[NH2+]CC2)c1C. The maximum Gasteiger partial charge on any atom is 0.244 e. The standard InChI is InChI=1S/C14H22N2O2S/c1-10-9-11(2)13(4)14(12(10)3)19(17,18)16-7-5-15-6-8-16/h9,15H,5-8H2,1-4H3/p+1. The van der Waals surface area contributed by atoms with Crippen LogP contribution in [-0.2, 0) is 10.0 Å². The fourth-order valence-corrected chi connectivity index (χ4v) is 4.71. The third-order valence-corrected chi connectivity index (χ3v) is 6.23. The molecule has 1 aromatic rings. The van der Waals surface area contributed by atoms with Crippen LogP contribution in [0.15, 0.2) is 11.0 Å². The van der Waals surface area contributed by atoms with Crippen molar-refractivity contribution in [2.45, 2.75) is 32.6 Å². The molecule has 0 bridgehead atoms. The van der Waals surface area contributed by atoms with Crippen molar-refractivity contribution in [3.63, 3.8) is 0 Å². The zero-order chi connectivity index (χ0) is 14.2.